The summed E-state index contributed by atoms with van der Waals surface area (Å²) in [7, 11) is 0. The van der Waals surface area contributed by atoms with Crippen molar-refractivity contribution in [2.24, 2.45) is 0 Å². The average molecular weight is 281 g/mol. The summed E-state index contributed by atoms with van der Waals surface area (Å²) >= 11 is 0. The summed E-state index contributed by atoms with van der Waals surface area (Å²) in [5.41, 5.74) is 5.05. The zero-order valence-electron chi connectivity index (χ0n) is 11.9. The maximum absolute atomic E-state index is 11.2. The zero-order chi connectivity index (χ0) is 15.0. The molecule has 0 amide bonds. The maximum atomic E-state index is 11.2. The van der Waals surface area contributed by atoms with Gasteiger partial charge < -0.3 is 9.67 Å². The van der Waals surface area contributed by atoms with Gasteiger partial charge in [0, 0.05) is 11.8 Å². The van der Waals surface area contributed by atoms with E-state index in [2.05, 4.69) is 29.9 Å². The van der Waals surface area contributed by atoms with Crippen molar-refractivity contribution in [3.8, 4) is 0 Å². The Morgan fingerprint density at radius 1 is 1.24 bits per heavy atom. The molecule has 5 heteroatoms. The van der Waals surface area contributed by atoms with Crippen LogP contribution in [0.4, 0.5) is 0 Å². The molecule has 2 heterocycles. The molecule has 0 bridgehead atoms. The van der Waals surface area contributed by atoms with Crippen LogP contribution in [0.15, 0.2) is 36.8 Å². The minimum absolute atomic E-state index is 0.0863. The summed E-state index contributed by atoms with van der Waals surface area (Å²) in [6, 6.07) is 7.65. The van der Waals surface area contributed by atoms with Gasteiger partial charge in [0.05, 0.1) is 23.9 Å². The minimum atomic E-state index is -1.01. The maximum Gasteiger partial charge on any atom is 0.354 e. The third-order valence-electron chi connectivity index (χ3n) is 3.67. The molecule has 1 aromatic carbocycles. The highest BCUT2D eigenvalue weighted by Gasteiger charge is 2.13. The first-order chi connectivity index (χ1) is 10.1. The SMILES string of the molecule is Cc1cc2ncn(Cc3cccnc3C(=O)O)c2cc1C. The second-order valence-corrected chi connectivity index (χ2v) is 5.11. The van der Waals surface area contributed by atoms with Crippen molar-refractivity contribution < 1.29 is 9.90 Å². The molecule has 0 atom stereocenters. The van der Waals surface area contributed by atoms with Crippen molar-refractivity contribution in [1.82, 2.24) is 14.5 Å². The lowest BCUT2D eigenvalue weighted by Crippen LogP contribution is -2.08. The van der Waals surface area contributed by atoms with Crippen LogP contribution in [-0.2, 0) is 6.54 Å². The van der Waals surface area contributed by atoms with Gasteiger partial charge in [-0.25, -0.2) is 14.8 Å². The van der Waals surface area contributed by atoms with Crippen LogP contribution in [-0.4, -0.2) is 25.6 Å². The Morgan fingerprint density at radius 3 is 2.76 bits per heavy atom. The number of aryl methyl sites for hydroxylation is 2. The largest absolute Gasteiger partial charge is 0.477 e. The molecule has 21 heavy (non-hydrogen) atoms. The minimum Gasteiger partial charge on any atom is -0.477 e. The van der Waals surface area contributed by atoms with E-state index in [-0.39, 0.29) is 5.69 Å². The normalized spacial score (nSPS) is 11.0. The number of hydrogen-bond donors (Lipinski definition) is 1. The van der Waals surface area contributed by atoms with Gasteiger partial charge >= 0.3 is 5.97 Å². The smallest absolute Gasteiger partial charge is 0.354 e. The Hall–Kier alpha value is -2.69. The van der Waals surface area contributed by atoms with Crippen LogP contribution in [0, 0.1) is 13.8 Å². The second kappa shape index (κ2) is 5.01. The molecule has 0 fully saturated rings. The molecular weight excluding hydrogens is 266 g/mol. The molecule has 106 valence electrons. The molecule has 0 aliphatic rings. The Labute approximate surface area is 121 Å². The first kappa shape index (κ1) is 13.3. The first-order valence-electron chi connectivity index (χ1n) is 6.65. The highest BCUT2D eigenvalue weighted by atomic mass is 16.4. The van der Waals surface area contributed by atoms with Crippen LogP contribution in [0.25, 0.3) is 11.0 Å². The van der Waals surface area contributed by atoms with Crippen molar-refractivity contribution in [3.05, 3.63) is 59.2 Å². The number of hydrogen-bond acceptors (Lipinski definition) is 3. The predicted molar refractivity (Wildman–Crippen MR) is 79.5 cm³/mol. The predicted octanol–water partition coefficient (Wildman–Crippen LogP) is 2.79. The number of pyridine rings is 1. The van der Waals surface area contributed by atoms with E-state index in [1.807, 2.05) is 10.6 Å². The number of benzene rings is 1. The molecular formula is C16H15N3O2. The Bertz CT molecular complexity index is 837. The molecule has 0 spiro atoms. The van der Waals surface area contributed by atoms with Gasteiger partial charge in [0.15, 0.2) is 5.69 Å². The number of aromatic carboxylic acids is 1. The molecule has 1 N–H and O–H groups in total. The molecule has 3 rings (SSSR count). The Kier molecular flexibility index (Phi) is 3.17. The van der Waals surface area contributed by atoms with E-state index in [1.54, 1.807) is 18.5 Å². The van der Waals surface area contributed by atoms with Crippen molar-refractivity contribution >= 4 is 17.0 Å². The van der Waals surface area contributed by atoms with Crippen LogP contribution in [0.2, 0.25) is 0 Å². The number of imidazole rings is 1. The fraction of sp³-hybridized carbons (Fsp3) is 0.188. The van der Waals surface area contributed by atoms with Crippen molar-refractivity contribution in [2.45, 2.75) is 20.4 Å². The van der Waals surface area contributed by atoms with Gasteiger partial charge in [0.25, 0.3) is 0 Å². The van der Waals surface area contributed by atoms with Crippen LogP contribution in [0.3, 0.4) is 0 Å². The number of carboxylic acid groups (broad SMARTS) is 1. The molecule has 0 aliphatic heterocycles. The summed E-state index contributed by atoms with van der Waals surface area (Å²) in [6.45, 7) is 4.55. The van der Waals surface area contributed by atoms with Crippen LogP contribution in [0.5, 0.6) is 0 Å². The van der Waals surface area contributed by atoms with Gasteiger partial charge in [-0.1, -0.05) is 6.07 Å². The number of aromatic nitrogens is 3. The van der Waals surface area contributed by atoms with Gasteiger partial charge in [-0.05, 0) is 43.2 Å². The number of carbonyl (C=O) groups is 1. The van der Waals surface area contributed by atoms with E-state index < -0.39 is 5.97 Å². The van der Waals surface area contributed by atoms with E-state index in [1.165, 1.54) is 17.3 Å². The molecule has 0 radical (unpaired) electrons. The van der Waals surface area contributed by atoms with Crippen molar-refractivity contribution in [3.63, 3.8) is 0 Å². The van der Waals surface area contributed by atoms with E-state index in [9.17, 15) is 9.90 Å². The molecule has 0 aliphatic carbocycles. The highest BCUT2D eigenvalue weighted by molar-refractivity contribution is 5.87. The standard InChI is InChI=1S/C16H15N3O2/c1-10-6-13-14(7-11(10)2)19(9-18-13)8-12-4-3-5-17-15(12)16(20)21/h3-7,9H,8H2,1-2H3,(H,20,21). The number of rotatable bonds is 3. The lowest BCUT2D eigenvalue weighted by atomic mass is 10.1. The van der Waals surface area contributed by atoms with E-state index >= 15 is 0 Å². The summed E-state index contributed by atoms with van der Waals surface area (Å²) in [6.07, 6.45) is 3.23. The number of nitrogens with zero attached hydrogens (tertiary/aromatic N) is 3. The Morgan fingerprint density at radius 2 is 2.00 bits per heavy atom. The topological polar surface area (TPSA) is 68.0 Å². The van der Waals surface area contributed by atoms with Gasteiger partial charge in [-0.15, -0.1) is 0 Å². The van der Waals surface area contributed by atoms with Gasteiger partial charge in [0.1, 0.15) is 0 Å². The van der Waals surface area contributed by atoms with Crippen LogP contribution in [0.1, 0.15) is 27.2 Å². The molecule has 0 unspecified atom stereocenters. The molecule has 5 nitrogen and oxygen atoms in total. The number of fused-ring (bicyclic) bond motifs is 1. The van der Waals surface area contributed by atoms with Crippen LogP contribution >= 0.6 is 0 Å². The average Bonchev–Trinajstić information content (AvgIpc) is 2.82. The fourth-order valence-electron chi connectivity index (χ4n) is 2.38. The Balaban J connectivity index is 2.07. The molecule has 2 aromatic heterocycles. The van der Waals surface area contributed by atoms with Crippen molar-refractivity contribution in [1.29, 1.82) is 0 Å². The zero-order valence-corrected chi connectivity index (χ0v) is 11.9. The monoisotopic (exact) mass is 281 g/mol. The lowest BCUT2D eigenvalue weighted by Gasteiger charge is -2.08. The summed E-state index contributed by atoms with van der Waals surface area (Å²) in [5.74, 6) is -1.01. The third kappa shape index (κ3) is 2.38. The van der Waals surface area contributed by atoms with Crippen LogP contribution < -0.4 is 0 Å². The van der Waals surface area contributed by atoms with Gasteiger partial charge in [0.2, 0.25) is 0 Å². The molecule has 0 saturated heterocycles. The van der Waals surface area contributed by atoms with E-state index in [0.717, 1.165) is 11.0 Å². The summed E-state index contributed by atoms with van der Waals surface area (Å²) in [4.78, 5) is 19.5. The van der Waals surface area contributed by atoms with Gasteiger partial charge in [-0.3, -0.25) is 0 Å². The van der Waals surface area contributed by atoms with E-state index in [4.69, 9.17) is 0 Å². The molecule has 0 saturated carbocycles. The van der Waals surface area contributed by atoms with E-state index in [0.29, 0.717) is 12.1 Å². The lowest BCUT2D eigenvalue weighted by molar-refractivity contribution is 0.0689. The number of carboxylic acids is 1. The summed E-state index contributed by atoms with van der Waals surface area (Å²) in [5, 5.41) is 9.20. The second-order valence-electron chi connectivity index (χ2n) is 5.11. The van der Waals surface area contributed by atoms with Gasteiger partial charge in [-0.2, -0.15) is 0 Å². The highest BCUT2D eigenvalue weighted by Crippen LogP contribution is 2.20. The summed E-state index contributed by atoms with van der Waals surface area (Å²) < 4.78 is 1.95. The molecule has 3 aromatic rings. The third-order valence-corrected chi connectivity index (χ3v) is 3.67. The quantitative estimate of drug-likeness (QED) is 0.801. The fourth-order valence-corrected chi connectivity index (χ4v) is 2.38. The van der Waals surface area contributed by atoms with Crippen molar-refractivity contribution in [2.75, 3.05) is 0 Å². The first-order valence-corrected chi connectivity index (χ1v) is 6.65.